The smallest absolute Gasteiger partial charge is 0.426 e. The average Bonchev–Trinajstić information content (AvgIpc) is 2.91. The van der Waals surface area contributed by atoms with Gasteiger partial charge in [-0.25, -0.2) is 17.6 Å². The Kier molecular flexibility index (Phi) is 10.0. The van der Waals surface area contributed by atoms with E-state index in [1.807, 2.05) is 0 Å². The van der Waals surface area contributed by atoms with Gasteiger partial charge in [-0.3, -0.25) is 4.79 Å². The largest absolute Gasteiger partial charge is 0.458 e. The van der Waals surface area contributed by atoms with Crippen LogP contribution in [-0.4, -0.2) is 12.1 Å². The fourth-order valence-corrected chi connectivity index (χ4v) is 6.32. The summed E-state index contributed by atoms with van der Waals surface area (Å²) in [6, 6.07) is 2.47. The number of rotatable bonds is 7. The molecule has 2 nitrogen and oxygen atoms in total. The minimum Gasteiger partial charge on any atom is -0.426 e. The van der Waals surface area contributed by atoms with Crippen molar-refractivity contribution in [1.82, 2.24) is 0 Å². The molecule has 0 bridgehead atoms. The number of hydrogen-bond acceptors (Lipinski definition) is 2. The highest BCUT2D eigenvalue weighted by Crippen LogP contribution is 2.43. The fraction of sp³-hybridized carbons (Fsp3) is 0.531. The quantitative estimate of drug-likeness (QED) is 0.141. The maximum absolute atomic E-state index is 14.9. The molecular weight excluding hydrogens is 549 g/mol. The van der Waals surface area contributed by atoms with Crippen LogP contribution in [0.3, 0.4) is 0 Å². The van der Waals surface area contributed by atoms with Crippen LogP contribution in [0.4, 0.5) is 30.7 Å². The van der Waals surface area contributed by atoms with E-state index in [1.165, 1.54) is 50.9 Å². The number of hydrogen-bond donors (Lipinski definition) is 0. The minimum atomic E-state index is -4.98. The Bertz CT molecular complexity index is 1250. The predicted octanol–water partition coefficient (Wildman–Crippen LogP) is 9.53. The van der Waals surface area contributed by atoms with Gasteiger partial charge in [-0.05, 0) is 74.0 Å². The van der Waals surface area contributed by atoms with Crippen LogP contribution in [-0.2, 0) is 4.79 Å². The third kappa shape index (κ3) is 8.05. The Morgan fingerprint density at radius 2 is 1.37 bits per heavy atom. The Morgan fingerprint density at radius 3 is 1.88 bits per heavy atom. The topological polar surface area (TPSA) is 26.3 Å². The van der Waals surface area contributed by atoms with E-state index in [4.69, 9.17) is 4.74 Å². The van der Waals surface area contributed by atoms with Crippen LogP contribution in [0.15, 0.2) is 24.3 Å². The summed E-state index contributed by atoms with van der Waals surface area (Å²) in [6.07, 6.45) is 6.96. The van der Waals surface area contributed by atoms with Gasteiger partial charge in [0.1, 0.15) is 29.0 Å². The lowest BCUT2D eigenvalue weighted by molar-refractivity contribution is -0.140. The first-order chi connectivity index (χ1) is 19.4. The van der Waals surface area contributed by atoms with E-state index in [0.29, 0.717) is 36.8 Å². The van der Waals surface area contributed by atoms with Crippen LogP contribution < -0.4 is 4.74 Å². The van der Waals surface area contributed by atoms with E-state index in [9.17, 15) is 35.5 Å². The van der Waals surface area contributed by atoms with Crippen LogP contribution in [0.25, 0.3) is 11.1 Å². The molecule has 9 heteroatoms. The van der Waals surface area contributed by atoms with Crippen molar-refractivity contribution in [2.75, 3.05) is 0 Å². The number of ether oxygens (including phenoxy) is 1. The zero-order chi connectivity index (χ0) is 29.7. The molecule has 0 unspecified atom stereocenters. The number of esters is 1. The number of carbonyl (C=O) groups is 1. The molecular formula is C32H33F7O2. The summed E-state index contributed by atoms with van der Waals surface area (Å²) in [4.78, 5) is 12.8. The second kappa shape index (κ2) is 13.3. The van der Waals surface area contributed by atoms with Crippen LogP contribution in [0.5, 0.6) is 5.75 Å². The van der Waals surface area contributed by atoms with Crippen molar-refractivity contribution in [2.45, 2.75) is 83.7 Å². The summed E-state index contributed by atoms with van der Waals surface area (Å²) in [7, 11) is 0. The van der Waals surface area contributed by atoms with E-state index in [-0.39, 0.29) is 11.7 Å². The van der Waals surface area contributed by atoms with Crippen LogP contribution in [0.2, 0.25) is 0 Å². The maximum Gasteiger partial charge on any atom is 0.458 e. The molecule has 0 saturated heterocycles. The third-order valence-electron chi connectivity index (χ3n) is 8.52. The van der Waals surface area contributed by atoms with Crippen molar-refractivity contribution >= 4 is 5.97 Å². The number of halogens is 7. The summed E-state index contributed by atoms with van der Waals surface area (Å²) in [6.45, 7) is 2.22. The summed E-state index contributed by atoms with van der Waals surface area (Å²) in [5.41, 5.74) is -2.57. The van der Waals surface area contributed by atoms with Crippen molar-refractivity contribution in [1.29, 1.82) is 0 Å². The number of carbonyl (C=O) groups excluding carboxylic acids is 1. The van der Waals surface area contributed by atoms with Gasteiger partial charge >= 0.3 is 12.1 Å². The van der Waals surface area contributed by atoms with Crippen molar-refractivity contribution in [3.05, 3.63) is 53.1 Å². The SMILES string of the molecule is CCCCC1CCC(C2CCC(C(=O)Oc3cc(F)c(-c4cc(F)c(C#CC(F)(F)F)c(F)c4)c(F)c3)CC2)CC1. The first-order valence-corrected chi connectivity index (χ1v) is 14.2. The van der Waals surface area contributed by atoms with Gasteiger partial charge in [0, 0.05) is 18.1 Å². The fourth-order valence-electron chi connectivity index (χ4n) is 6.32. The molecule has 0 aromatic heterocycles. The molecule has 0 heterocycles. The molecule has 41 heavy (non-hydrogen) atoms. The zero-order valence-electron chi connectivity index (χ0n) is 22.9. The van der Waals surface area contributed by atoms with Crippen molar-refractivity contribution in [3.8, 4) is 28.7 Å². The van der Waals surface area contributed by atoms with Crippen LogP contribution in [0.1, 0.15) is 83.1 Å². The number of benzene rings is 2. The van der Waals surface area contributed by atoms with E-state index in [2.05, 4.69) is 6.92 Å². The highest BCUT2D eigenvalue weighted by Gasteiger charge is 2.34. The first-order valence-electron chi connectivity index (χ1n) is 14.2. The molecule has 2 aromatic rings. The Labute approximate surface area is 235 Å². The number of unbranched alkanes of at least 4 members (excludes halogenated alkanes) is 1. The van der Waals surface area contributed by atoms with Crippen molar-refractivity contribution in [2.24, 2.45) is 23.7 Å². The van der Waals surface area contributed by atoms with E-state index < -0.39 is 52.1 Å². The van der Waals surface area contributed by atoms with Gasteiger partial charge in [0.2, 0.25) is 0 Å². The lowest BCUT2D eigenvalue weighted by atomic mass is 9.68. The van der Waals surface area contributed by atoms with Gasteiger partial charge in [0.15, 0.2) is 0 Å². The molecule has 2 saturated carbocycles. The monoisotopic (exact) mass is 582 g/mol. The van der Waals surface area contributed by atoms with Crippen LogP contribution in [0, 0.1) is 58.8 Å². The second-order valence-electron chi connectivity index (χ2n) is 11.3. The highest BCUT2D eigenvalue weighted by molar-refractivity contribution is 5.76. The normalized spacial score (nSPS) is 23.0. The first kappa shape index (κ1) is 30.9. The average molecular weight is 583 g/mol. The Balaban J connectivity index is 1.37. The standard InChI is InChI=1S/C32H33F7O2/c1-2-3-4-19-5-7-20(8-6-19)21-9-11-22(12-10-21)31(40)41-24-17-28(35)30(29(36)18-24)23-15-26(33)25(27(34)16-23)13-14-32(37,38)39/h15-22H,2-12H2,1H3. The van der Waals surface area contributed by atoms with Crippen molar-refractivity contribution in [3.63, 3.8) is 0 Å². The van der Waals surface area contributed by atoms with Gasteiger partial charge in [-0.15, -0.1) is 0 Å². The molecule has 0 atom stereocenters. The summed E-state index contributed by atoms with van der Waals surface area (Å²) in [5.74, 6) is -2.67. The highest BCUT2D eigenvalue weighted by atomic mass is 19.4. The second-order valence-corrected chi connectivity index (χ2v) is 11.3. The zero-order valence-corrected chi connectivity index (χ0v) is 22.9. The summed E-state index contributed by atoms with van der Waals surface area (Å²) in [5, 5.41) is 0. The predicted molar refractivity (Wildman–Crippen MR) is 141 cm³/mol. The molecule has 2 fully saturated rings. The van der Waals surface area contributed by atoms with E-state index in [1.54, 1.807) is 0 Å². The van der Waals surface area contributed by atoms with Gasteiger partial charge in [-0.1, -0.05) is 44.9 Å². The molecule has 0 radical (unpaired) electrons. The molecule has 0 aliphatic heterocycles. The van der Waals surface area contributed by atoms with Gasteiger partial charge < -0.3 is 4.74 Å². The molecule has 2 aromatic carbocycles. The maximum atomic E-state index is 14.9. The molecule has 0 spiro atoms. The molecule has 0 amide bonds. The Hall–Kier alpha value is -3.02. The van der Waals surface area contributed by atoms with E-state index >= 15 is 0 Å². The van der Waals surface area contributed by atoms with E-state index in [0.717, 1.165) is 36.8 Å². The molecule has 222 valence electrons. The Morgan fingerprint density at radius 1 is 0.829 bits per heavy atom. The molecule has 2 aliphatic rings. The van der Waals surface area contributed by atoms with Gasteiger partial charge in [0.05, 0.1) is 17.0 Å². The summed E-state index contributed by atoms with van der Waals surface area (Å²) < 4.78 is 100. The lowest BCUT2D eigenvalue weighted by Gasteiger charge is -2.37. The molecule has 4 rings (SSSR count). The molecule has 0 N–H and O–H groups in total. The van der Waals surface area contributed by atoms with Gasteiger partial charge in [-0.2, -0.15) is 13.2 Å². The summed E-state index contributed by atoms with van der Waals surface area (Å²) >= 11 is 0. The minimum absolute atomic E-state index is 0.380. The molecule has 2 aliphatic carbocycles. The third-order valence-corrected chi connectivity index (χ3v) is 8.52. The van der Waals surface area contributed by atoms with Gasteiger partial charge in [0.25, 0.3) is 0 Å². The van der Waals surface area contributed by atoms with Crippen LogP contribution >= 0.6 is 0 Å². The number of alkyl halides is 3. The lowest BCUT2D eigenvalue weighted by Crippen LogP contribution is -2.30. The van der Waals surface area contributed by atoms with Crippen molar-refractivity contribution < 1.29 is 40.3 Å².